The summed E-state index contributed by atoms with van der Waals surface area (Å²) in [6, 6.07) is 20.4. The molecule has 1 aromatic heterocycles. The van der Waals surface area contributed by atoms with E-state index in [9.17, 15) is 17.6 Å². The van der Waals surface area contributed by atoms with E-state index in [1.54, 1.807) is 24.4 Å². The molecule has 2 heterocycles. The van der Waals surface area contributed by atoms with E-state index >= 15 is 0 Å². The summed E-state index contributed by atoms with van der Waals surface area (Å²) in [5.74, 6) is 4.47. The van der Waals surface area contributed by atoms with Gasteiger partial charge in [-0.2, -0.15) is 13.1 Å². The van der Waals surface area contributed by atoms with Gasteiger partial charge in [0.2, 0.25) is 0 Å². The summed E-state index contributed by atoms with van der Waals surface area (Å²) >= 11 is 0. The van der Waals surface area contributed by atoms with Gasteiger partial charge in [-0.3, -0.25) is 14.1 Å². The van der Waals surface area contributed by atoms with Gasteiger partial charge in [0.15, 0.2) is 0 Å². The summed E-state index contributed by atoms with van der Waals surface area (Å²) in [7, 11) is -3.74. The quantitative estimate of drug-likeness (QED) is 0.258. The molecule has 5 rings (SSSR count). The number of carbonyl (C=O) groups is 1. The Hall–Kier alpha value is -3.86. The summed E-state index contributed by atoms with van der Waals surface area (Å²) in [5.41, 5.74) is 1.71. The van der Waals surface area contributed by atoms with Crippen LogP contribution < -0.4 is 19.9 Å². The number of rotatable bonds is 4. The highest BCUT2D eigenvalue weighted by Gasteiger charge is 2.27. The molecule has 8 nitrogen and oxygen atoms in total. The Kier molecular flexibility index (Phi) is 5.93. The molecule has 0 aliphatic carbocycles. The lowest BCUT2D eigenvalue weighted by Gasteiger charge is -2.28. The molecule has 1 fully saturated rings. The molecule has 1 amide bonds. The maximum Gasteiger partial charge on any atom is 0.301 e. The van der Waals surface area contributed by atoms with Gasteiger partial charge in [0.25, 0.3) is 5.91 Å². The summed E-state index contributed by atoms with van der Waals surface area (Å²) in [4.78, 5) is 17.5. The van der Waals surface area contributed by atoms with Crippen LogP contribution in [0.5, 0.6) is 0 Å². The van der Waals surface area contributed by atoms with Crippen LogP contribution in [0.1, 0.15) is 16.8 Å². The second-order valence-corrected chi connectivity index (χ2v) is 9.77. The SMILES string of the molecule is NN(C(=O)c1ccc(N2CCCNS2(=O)=O)cc1F)c1cccc(-c2nccc3ccccc23)c1. The zero-order chi connectivity index (χ0) is 24.6. The topological polar surface area (TPSA) is 109 Å². The molecule has 35 heavy (non-hydrogen) atoms. The van der Waals surface area contributed by atoms with E-state index in [-0.39, 0.29) is 17.8 Å². The first-order valence-electron chi connectivity index (χ1n) is 11.0. The average Bonchev–Trinajstić information content (AvgIpc) is 2.87. The zero-order valence-electron chi connectivity index (χ0n) is 18.6. The van der Waals surface area contributed by atoms with Crippen molar-refractivity contribution in [1.82, 2.24) is 9.71 Å². The first-order valence-corrected chi connectivity index (χ1v) is 12.4. The predicted molar refractivity (Wildman–Crippen MR) is 133 cm³/mol. The standard InChI is InChI=1S/C25H22FN5O3S/c26-23-16-19(30-14-4-12-29-35(30,33)34)9-10-22(23)25(32)31(27)20-7-3-6-18(15-20)24-21-8-2-1-5-17(21)11-13-28-24/h1-3,5-11,13,15-16,29H,4,12,14,27H2. The van der Waals surface area contributed by atoms with Gasteiger partial charge in [0.1, 0.15) is 5.82 Å². The third-order valence-corrected chi connectivity index (χ3v) is 7.42. The van der Waals surface area contributed by atoms with Gasteiger partial charge in [0.05, 0.1) is 22.6 Å². The molecule has 0 unspecified atom stereocenters. The van der Waals surface area contributed by atoms with Crippen molar-refractivity contribution >= 4 is 38.3 Å². The van der Waals surface area contributed by atoms with Crippen LogP contribution >= 0.6 is 0 Å². The van der Waals surface area contributed by atoms with E-state index in [2.05, 4.69) is 9.71 Å². The minimum atomic E-state index is -3.74. The van der Waals surface area contributed by atoms with Gasteiger partial charge in [-0.1, -0.05) is 36.4 Å². The Morgan fingerprint density at radius 1 is 1.06 bits per heavy atom. The van der Waals surface area contributed by atoms with Crippen LogP contribution in [-0.2, 0) is 10.2 Å². The van der Waals surface area contributed by atoms with Crippen molar-refractivity contribution in [1.29, 1.82) is 0 Å². The number of nitrogens with one attached hydrogen (secondary N) is 1. The number of nitrogens with two attached hydrogens (primary N) is 1. The second-order valence-electron chi connectivity index (χ2n) is 8.10. The predicted octanol–water partition coefficient (Wildman–Crippen LogP) is 3.61. The normalized spacial score (nSPS) is 15.2. The summed E-state index contributed by atoms with van der Waals surface area (Å²) in [5, 5.41) is 2.84. The fourth-order valence-electron chi connectivity index (χ4n) is 4.12. The third-order valence-electron chi connectivity index (χ3n) is 5.87. The molecule has 178 valence electrons. The number of anilines is 2. The number of nitrogens with zero attached hydrogens (tertiary/aromatic N) is 3. The van der Waals surface area contributed by atoms with Crippen molar-refractivity contribution < 1.29 is 17.6 Å². The van der Waals surface area contributed by atoms with E-state index in [0.29, 0.717) is 18.7 Å². The summed E-state index contributed by atoms with van der Waals surface area (Å²) in [6.45, 7) is 0.549. The van der Waals surface area contributed by atoms with Gasteiger partial charge < -0.3 is 0 Å². The molecule has 3 aromatic carbocycles. The van der Waals surface area contributed by atoms with Crippen LogP contribution in [0.2, 0.25) is 0 Å². The van der Waals surface area contributed by atoms with Crippen LogP contribution in [0.4, 0.5) is 15.8 Å². The number of hydrazine groups is 1. The molecule has 1 aliphatic heterocycles. The van der Waals surface area contributed by atoms with Gasteiger partial charge >= 0.3 is 10.2 Å². The van der Waals surface area contributed by atoms with E-state index in [0.717, 1.165) is 37.4 Å². The van der Waals surface area contributed by atoms with Crippen molar-refractivity contribution in [2.75, 3.05) is 22.4 Å². The Morgan fingerprint density at radius 2 is 1.89 bits per heavy atom. The first kappa shape index (κ1) is 22.9. The lowest BCUT2D eigenvalue weighted by atomic mass is 10.0. The lowest BCUT2D eigenvalue weighted by Crippen LogP contribution is -2.47. The maximum absolute atomic E-state index is 14.9. The van der Waals surface area contributed by atoms with Crippen molar-refractivity contribution in [2.45, 2.75) is 6.42 Å². The number of pyridine rings is 1. The molecule has 3 N–H and O–H groups in total. The highest BCUT2D eigenvalue weighted by molar-refractivity contribution is 7.90. The largest absolute Gasteiger partial charge is 0.301 e. The van der Waals surface area contributed by atoms with Gasteiger partial charge in [-0.05, 0) is 48.2 Å². The van der Waals surface area contributed by atoms with Crippen LogP contribution in [-0.4, -0.2) is 32.4 Å². The van der Waals surface area contributed by atoms with Gasteiger partial charge in [0, 0.05) is 30.2 Å². The first-order chi connectivity index (χ1) is 16.8. The van der Waals surface area contributed by atoms with Crippen LogP contribution in [0.25, 0.3) is 22.0 Å². The molecule has 0 radical (unpaired) electrons. The molecular weight excluding hydrogens is 469 g/mol. The van der Waals surface area contributed by atoms with Crippen LogP contribution in [0.15, 0.2) is 79.0 Å². The molecule has 1 saturated heterocycles. The molecule has 10 heteroatoms. The number of halogens is 1. The highest BCUT2D eigenvalue weighted by atomic mass is 32.2. The molecular formula is C25H22FN5O3S. The van der Waals surface area contributed by atoms with Crippen LogP contribution in [0, 0.1) is 5.82 Å². The Balaban J connectivity index is 1.44. The lowest BCUT2D eigenvalue weighted by molar-refractivity contribution is 0.0983. The summed E-state index contributed by atoms with van der Waals surface area (Å²) < 4.78 is 42.9. The highest BCUT2D eigenvalue weighted by Crippen LogP contribution is 2.30. The fourth-order valence-corrected chi connectivity index (χ4v) is 5.44. The number of hydrogen-bond donors (Lipinski definition) is 2. The molecule has 4 aromatic rings. The van der Waals surface area contributed by atoms with E-state index < -0.39 is 21.9 Å². The van der Waals surface area contributed by atoms with Crippen molar-refractivity contribution in [2.24, 2.45) is 5.84 Å². The summed E-state index contributed by atoms with van der Waals surface area (Å²) in [6.07, 6.45) is 2.30. The number of amides is 1. The Morgan fingerprint density at radius 3 is 2.69 bits per heavy atom. The fraction of sp³-hybridized carbons (Fsp3) is 0.120. The average molecular weight is 492 g/mol. The maximum atomic E-state index is 14.9. The van der Waals surface area contributed by atoms with Gasteiger partial charge in [-0.15, -0.1) is 0 Å². The van der Waals surface area contributed by atoms with Crippen LogP contribution in [0.3, 0.4) is 0 Å². The monoisotopic (exact) mass is 491 g/mol. The molecule has 1 aliphatic rings. The van der Waals surface area contributed by atoms with E-state index in [1.807, 2.05) is 36.4 Å². The Bertz CT molecular complexity index is 1540. The number of benzene rings is 3. The minimum absolute atomic E-state index is 0.138. The molecule has 0 spiro atoms. The molecule has 0 bridgehead atoms. The van der Waals surface area contributed by atoms with Crippen molar-refractivity contribution in [3.63, 3.8) is 0 Å². The Labute approximate surface area is 202 Å². The minimum Gasteiger partial charge on any atom is -0.267 e. The van der Waals surface area contributed by atoms with E-state index in [1.165, 1.54) is 12.1 Å². The number of hydrogen-bond acceptors (Lipinski definition) is 5. The number of aromatic nitrogens is 1. The number of fused-ring (bicyclic) bond motifs is 1. The third kappa shape index (κ3) is 4.34. The molecule has 0 saturated carbocycles. The van der Waals surface area contributed by atoms with Gasteiger partial charge in [-0.25, -0.2) is 15.2 Å². The zero-order valence-corrected chi connectivity index (χ0v) is 19.4. The molecule has 0 atom stereocenters. The van der Waals surface area contributed by atoms with E-state index in [4.69, 9.17) is 5.84 Å². The van der Waals surface area contributed by atoms with Crippen molar-refractivity contribution in [3.8, 4) is 11.3 Å². The number of carbonyl (C=O) groups excluding carboxylic acids is 1. The second kappa shape index (κ2) is 9.06. The smallest absolute Gasteiger partial charge is 0.267 e. The van der Waals surface area contributed by atoms with Crippen molar-refractivity contribution in [3.05, 3.63) is 90.4 Å².